The number of nitrogens with one attached hydrogen (secondary N) is 1. The van der Waals surface area contributed by atoms with Crippen LogP contribution in [0.3, 0.4) is 0 Å². The summed E-state index contributed by atoms with van der Waals surface area (Å²) in [5, 5.41) is 0.685. The first-order chi connectivity index (χ1) is 7.61. The van der Waals surface area contributed by atoms with E-state index in [-0.39, 0.29) is 0 Å². The van der Waals surface area contributed by atoms with Crippen molar-refractivity contribution in [2.75, 3.05) is 5.43 Å². The van der Waals surface area contributed by atoms with Crippen molar-refractivity contribution in [2.45, 2.75) is 13.8 Å². The van der Waals surface area contributed by atoms with Crippen molar-refractivity contribution in [3.8, 4) is 10.8 Å². The van der Waals surface area contributed by atoms with Crippen LogP contribution in [-0.4, -0.2) is 15.0 Å². The van der Waals surface area contributed by atoms with E-state index in [1.165, 1.54) is 11.3 Å². The molecule has 0 bridgehead atoms. The normalized spacial score (nSPS) is 10.5. The zero-order valence-electron chi connectivity index (χ0n) is 8.78. The largest absolute Gasteiger partial charge is 0.308 e. The number of aryl methyl sites for hydroxylation is 1. The number of aromatic nitrogens is 3. The van der Waals surface area contributed by atoms with Gasteiger partial charge in [-0.15, -0.1) is 0 Å². The van der Waals surface area contributed by atoms with Gasteiger partial charge in [-0.3, -0.25) is 0 Å². The van der Waals surface area contributed by atoms with Gasteiger partial charge < -0.3 is 5.43 Å². The molecule has 0 fully saturated rings. The van der Waals surface area contributed by atoms with Crippen molar-refractivity contribution in [1.82, 2.24) is 15.0 Å². The number of halogens is 1. The van der Waals surface area contributed by atoms with Crippen molar-refractivity contribution in [1.29, 1.82) is 0 Å². The number of anilines is 1. The van der Waals surface area contributed by atoms with E-state index in [1.54, 1.807) is 6.20 Å². The first-order valence-corrected chi connectivity index (χ1v) is 5.75. The van der Waals surface area contributed by atoms with E-state index in [0.717, 1.165) is 11.3 Å². The summed E-state index contributed by atoms with van der Waals surface area (Å²) in [4.78, 5) is 12.7. The van der Waals surface area contributed by atoms with Gasteiger partial charge in [0.25, 0.3) is 0 Å². The topological polar surface area (TPSA) is 76.7 Å². The summed E-state index contributed by atoms with van der Waals surface area (Å²) < 4.78 is 0.610. The molecule has 7 heteroatoms. The molecule has 2 heterocycles. The fourth-order valence-corrected chi connectivity index (χ4v) is 2.07. The monoisotopic (exact) mass is 255 g/mol. The van der Waals surface area contributed by atoms with E-state index < -0.39 is 0 Å². The van der Waals surface area contributed by atoms with Crippen molar-refractivity contribution in [3.63, 3.8) is 0 Å². The van der Waals surface area contributed by atoms with Gasteiger partial charge in [0, 0.05) is 11.3 Å². The highest BCUT2D eigenvalue weighted by atomic mass is 35.5. The highest BCUT2D eigenvalue weighted by Gasteiger charge is 2.11. The maximum Gasteiger partial charge on any atom is 0.191 e. The van der Waals surface area contributed by atoms with Crippen molar-refractivity contribution >= 4 is 28.8 Å². The zero-order valence-corrected chi connectivity index (χ0v) is 10.4. The second kappa shape index (κ2) is 4.32. The van der Waals surface area contributed by atoms with Gasteiger partial charge in [-0.05, 0) is 13.8 Å². The van der Waals surface area contributed by atoms with Gasteiger partial charge in [0.15, 0.2) is 10.8 Å². The number of nitrogens with zero attached hydrogens (tertiary/aromatic N) is 3. The average molecular weight is 256 g/mol. The van der Waals surface area contributed by atoms with Crippen molar-refractivity contribution in [2.24, 2.45) is 5.84 Å². The molecule has 0 saturated carbocycles. The minimum Gasteiger partial charge on any atom is -0.308 e. The first-order valence-electron chi connectivity index (χ1n) is 4.55. The lowest BCUT2D eigenvalue weighted by Crippen LogP contribution is -2.12. The van der Waals surface area contributed by atoms with Crippen LogP contribution in [-0.2, 0) is 0 Å². The summed E-state index contributed by atoms with van der Waals surface area (Å²) in [7, 11) is 0. The molecule has 3 N–H and O–H groups in total. The Morgan fingerprint density at radius 1 is 1.38 bits per heavy atom. The second-order valence-electron chi connectivity index (χ2n) is 3.22. The molecule has 16 heavy (non-hydrogen) atoms. The number of hydrazine groups is 1. The Kier molecular flexibility index (Phi) is 3.04. The van der Waals surface area contributed by atoms with Crippen molar-refractivity contribution < 1.29 is 0 Å². The molecule has 0 saturated heterocycles. The van der Waals surface area contributed by atoms with Crippen LogP contribution < -0.4 is 11.3 Å². The van der Waals surface area contributed by atoms with Crippen LogP contribution >= 0.6 is 22.9 Å². The van der Waals surface area contributed by atoms with E-state index in [0.29, 0.717) is 21.0 Å². The summed E-state index contributed by atoms with van der Waals surface area (Å²) in [5.74, 6) is 6.53. The standard InChI is InChI=1S/C9H10ClN5S/c1-4-5(2)13-8(14-7(4)15-11)9-12-3-6(10)16-9/h3H,11H2,1-2H3,(H,13,14,15). The lowest BCUT2D eigenvalue weighted by Gasteiger charge is -2.07. The summed E-state index contributed by atoms with van der Waals surface area (Å²) in [6, 6.07) is 0. The molecular weight excluding hydrogens is 246 g/mol. The Labute approximate surface area is 102 Å². The smallest absolute Gasteiger partial charge is 0.191 e. The summed E-state index contributed by atoms with van der Waals surface area (Å²) in [6.45, 7) is 3.81. The third-order valence-corrected chi connectivity index (χ3v) is 3.31. The van der Waals surface area contributed by atoms with Crippen LogP contribution in [0.15, 0.2) is 6.20 Å². The number of nitrogens with two attached hydrogens (primary N) is 1. The van der Waals surface area contributed by atoms with E-state index in [4.69, 9.17) is 17.4 Å². The molecular formula is C9H10ClN5S. The lowest BCUT2D eigenvalue weighted by atomic mass is 10.2. The van der Waals surface area contributed by atoms with Crippen LogP contribution in [0.2, 0.25) is 4.34 Å². The van der Waals surface area contributed by atoms with E-state index in [1.807, 2.05) is 13.8 Å². The highest BCUT2D eigenvalue weighted by molar-refractivity contribution is 7.18. The molecule has 0 spiro atoms. The fourth-order valence-electron chi connectivity index (χ4n) is 1.22. The number of hydrogen-bond acceptors (Lipinski definition) is 6. The van der Waals surface area contributed by atoms with Gasteiger partial charge in [-0.2, -0.15) is 0 Å². The molecule has 0 atom stereocenters. The summed E-state index contributed by atoms with van der Waals surface area (Å²) in [6.07, 6.45) is 1.58. The van der Waals surface area contributed by atoms with Gasteiger partial charge in [-0.25, -0.2) is 20.8 Å². The van der Waals surface area contributed by atoms with E-state index in [2.05, 4.69) is 20.4 Å². The van der Waals surface area contributed by atoms with Gasteiger partial charge in [-0.1, -0.05) is 22.9 Å². The van der Waals surface area contributed by atoms with Crippen LogP contribution in [0.5, 0.6) is 0 Å². The quantitative estimate of drug-likeness (QED) is 0.635. The van der Waals surface area contributed by atoms with Crippen LogP contribution in [0, 0.1) is 13.8 Å². The Morgan fingerprint density at radius 3 is 2.69 bits per heavy atom. The van der Waals surface area contributed by atoms with Crippen LogP contribution in [0.1, 0.15) is 11.3 Å². The van der Waals surface area contributed by atoms with Crippen molar-refractivity contribution in [3.05, 3.63) is 21.8 Å². The Bertz CT molecular complexity index is 525. The SMILES string of the molecule is Cc1nc(-c2ncc(Cl)s2)nc(NN)c1C. The molecule has 2 aromatic heterocycles. The molecule has 2 rings (SSSR count). The molecule has 84 valence electrons. The van der Waals surface area contributed by atoms with Gasteiger partial charge >= 0.3 is 0 Å². The van der Waals surface area contributed by atoms with Gasteiger partial charge in [0.1, 0.15) is 10.2 Å². The Balaban J connectivity index is 2.54. The molecule has 0 aliphatic heterocycles. The molecule has 0 aromatic carbocycles. The Morgan fingerprint density at radius 2 is 2.12 bits per heavy atom. The minimum absolute atomic E-state index is 0.535. The lowest BCUT2D eigenvalue weighted by molar-refractivity contribution is 1.05. The molecule has 0 aliphatic carbocycles. The van der Waals surface area contributed by atoms with Gasteiger partial charge in [0.2, 0.25) is 0 Å². The second-order valence-corrected chi connectivity index (χ2v) is 4.88. The Hall–Kier alpha value is -1.24. The van der Waals surface area contributed by atoms with Crippen LogP contribution in [0.4, 0.5) is 5.82 Å². The molecule has 2 aromatic rings. The average Bonchev–Trinajstić information content (AvgIpc) is 2.69. The third kappa shape index (κ3) is 1.99. The number of thiazole rings is 1. The third-order valence-electron chi connectivity index (χ3n) is 2.19. The molecule has 0 radical (unpaired) electrons. The fraction of sp³-hybridized carbons (Fsp3) is 0.222. The van der Waals surface area contributed by atoms with Gasteiger partial charge in [0.05, 0.1) is 6.20 Å². The molecule has 5 nitrogen and oxygen atoms in total. The van der Waals surface area contributed by atoms with E-state index in [9.17, 15) is 0 Å². The molecule has 0 unspecified atom stereocenters. The zero-order chi connectivity index (χ0) is 11.7. The number of nitrogen functional groups attached to an aromatic ring is 1. The summed E-state index contributed by atoms with van der Waals surface area (Å²) >= 11 is 7.15. The number of rotatable bonds is 2. The predicted octanol–water partition coefficient (Wildman–Crippen LogP) is 2.16. The maximum absolute atomic E-state index is 5.82. The maximum atomic E-state index is 5.82. The molecule has 0 aliphatic rings. The van der Waals surface area contributed by atoms with Crippen LogP contribution in [0.25, 0.3) is 10.8 Å². The molecule has 0 amide bonds. The first kappa shape index (κ1) is 11.3. The highest BCUT2D eigenvalue weighted by Crippen LogP contribution is 2.27. The number of hydrogen-bond donors (Lipinski definition) is 2. The summed E-state index contributed by atoms with van der Waals surface area (Å²) in [5.41, 5.74) is 4.34. The van der Waals surface area contributed by atoms with E-state index >= 15 is 0 Å². The minimum atomic E-state index is 0.535. The predicted molar refractivity (Wildman–Crippen MR) is 65.4 cm³/mol.